The molecule has 0 amide bonds. The third-order valence-electron chi connectivity index (χ3n) is 12.2. The second-order valence-corrected chi connectivity index (χ2v) is 15.7. The smallest absolute Gasteiger partial charge is 0.0541 e. The summed E-state index contributed by atoms with van der Waals surface area (Å²) in [6.07, 6.45) is 9.26. The lowest BCUT2D eigenvalue weighted by atomic mass is 9.67. The molecule has 0 saturated carbocycles. The molecule has 0 bridgehead atoms. The van der Waals surface area contributed by atoms with E-state index in [9.17, 15) is 0 Å². The first-order chi connectivity index (χ1) is 26.4. The Bertz CT molecular complexity index is 2730. The zero-order valence-corrected chi connectivity index (χ0v) is 30.9. The van der Waals surface area contributed by atoms with Gasteiger partial charge in [0.1, 0.15) is 0 Å². The summed E-state index contributed by atoms with van der Waals surface area (Å²) < 4.78 is 2.37. The number of rotatable bonds is 6. The van der Waals surface area contributed by atoms with Gasteiger partial charge in [-0.15, -0.1) is 0 Å². The molecule has 0 radical (unpaired) electrons. The number of anilines is 3. The number of fused-ring (bicyclic) bond motifs is 6. The van der Waals surface area contributed by atoms with E-state index in [2.05, 4.69) is 224 Å². The van der Waals surface area contributed by atoms with E-state index in [0.29, 0.717) is 5.92 Å². The monoisotopic (exact) mass is 694 g/mol. The molecule has 10 rings (SSSR count). The molecule has 0 fully saturated rings. The number of para-hydroxylation sites is 2. The first-order valence-corrected chi connectivity index (χ1v) is 19.1. The molecule has 7 aromatic carbocycles. The average molecular weight is 695 g/mol. The third-order valence-corrected chi connectivity index (χ3v) is 12.2. The quantitative estimate of drug-likeness (QED) is 0.168. The summed E-state index contributed by atoms with van der Waals surface area (Å²) in [6, 6.07) is 62.2. The zero-order valence-electron chi connectivity index (χ0n) is 30.9. The third kappa shape index (κ3) is 5.01. The summed E-state index contributed by atoms with van der Waals surface area (Å²) in [5.41, 5.74) is 14.7. The summed E-state index contributed by atoms with van der Waals surface area (Å²) in [5.74, 6) is 0.414. The van der Waals surface area contributed by atoms with E-state index in [4.69, 9.17) is 0 Å². The Morgan fingerprint density at radius 3 is 1.76 bits per heavy atom. The van der Waals surface area contributed by atoms with Crippen LogP contribution in [0.2, 0.25) is 0 Å². The van der Waals surface area contributed by atoms with Gasteiger partial charge in [-0.05, 0) is 111 Å². The molecule has 0 N–H and O–H groups in total. The van der Waals surface area contributed by atoms with Crippen LogP contribution in [0.5, 0.6) is 0 Å². The van der Waals surface area contributed by atoms with Gasteiger partial charge in [-0.25, -0.2) is 0 Å². The first kappa shape index (κ1) is 32.3. The van der Waals surface area contributed by atoms with Crippen molar-refractivity contribution in [3.05, 3.63) is 205 Å². The number of aromatic nitrogens is 1. The van der Waals surface area contributed by atoms with Crippen molar-refractivity contribution in [1.82, 2.24) is 4.57 Å². The van der Waals surface area contributed by atoms with E-state index in [1.54, 1.807) is 0 Å². The SMILES string of the molecule is CC1(C)c2cc(N(c3ccc(-c4ccccc4)cc3)c3ccc(-c4ccc5c(c4)c4ccccc4n5-c4ccccc4)cc3)ccc2C2(C)C=CC=CC12. The van der Waals surface area contributed by atoms with E-state index in [0.717, 1.165) is 11.4 Å². The minimum atomic E-state index is -0.00950. The van der Waals surface area contributed by atoms with Crippen LogP contribution >= 0.6 is 0 Å². The number of hydrogen-bond donors (Lipinski definition) is 0. The largest absolute Gasteiger partial charge is 0.310 e. The summed E-state index contributed by atoms with van der Waals surface area (Å²) in [7, 11) is 0. The summed E-state index contributed by atoms with van der Waals surface area (Å²) in [6.45, 7) is 7.23. The van der Waals surface area contributed by atoms with Crippen LogP contribution in [0.25, 0.3) is 49.7 Å². The molecule has 0 aliphatic heterocycles. The van der Waals surface area contributed by atoms with Crippen molar-refractivity contribution >= 4 is 38.9 Å². The van der Waals surface area contributed by atoms with Crippen LogP contribution in [0.3, 0.4) is 0 Å². The fourth-order valence-electron chi connectivity index (χ4n) is 9.51. The molecule has 2 aliphatic rings. The maximum atomic E-state index is 2.45. The lowest BCUT2D eigenvalue weighted by Crippen LogP contribution is -2.33. The maximum absolute atomic E-state index is 2.45. The molecule has 8 aromatic rings. The molecule has 2 heteroatoms. The molecule has 54 heavy (non-hydrogen) atoms. The van der Waals surface area contributed by atoms with Gasteiger partial charge < -0.3 is 9.47 Å². The summed E-state index contributed by atoms with van der Waals surface area (Å²) in [5, 5.41) is 2.52. The fraction of sp³-hybridized carbons (Fsp3) is 0.115. The maximum Gasteiger partial charge on any atom is 0.0541 e. The Morgan fingerprint density at radius 2 is 1.04 bits per heavy atom. The first-order valence-electron chi connectivity index (χ1n) is 19.1. The van der Waals surface area contributed by atoms with Gasteiger partial charge >= 0.3 is 0 Å². The van der Waals surface area contributed by atoms with Crippen molar-refractivity contribution in [2.75, 3.05) is 4.90 Å². The Morgan fingerprint density at radius 1 is 0.463 bits per heavy atom. The molecule has 2 nitrogen and oxygen atoms in total. The standard InChI is InChI=1S/C52H42N2/c1-51(2)47-35-43(30-31-46(47)52(3)33-13-12-20-50(51)52)53(41-26-21-37(22-27-41)36-14-6-4-7-15-36)42-28-23-38(24-29-42)39-25-32-49-45(34-39)44-18-10-11-19-48(44)54(49)40-16-8-5-9-17-40/h4-35,50H,1-3H3. The van der Waals surface area contributed by atoms with Crippen molar-refractivity contribution in [3.63, 3.8) is 0 Å². The number of allylic oxidation sites excluding steroid dienone is 4. The summed E-state index contributed by atoms with van der Waals surface area (Å²) >= 11 is 0. The van der Waals surface area contributed by atoms with Crippen LogP contribution in [-0.4, -0.2) is 4.57 Å². The van der Waals surface area contributed by atoms with E-state index in [-0.39, 0.29) is 10.8 Å². The highest BCUT2D eigenvalue weighted by atomic mass is 15.1. The van der Waals surface area contributed by atoms with Crippen LogP contribution in [0, 0.1) is 5.92 Å². The predicted molar refractivity (Wildman–Crippen MR) is 228 cm³/mol. The van der Waals surface area contributed by atoms with E-state index < -0.39 is 0 Å². The second-order valence-electron chi connectivity index (χ2n) is 15.7. The van der Waals surface area contributed by atoms with Gasteiger partial charge in [-0.2, -0.15) is 0 Å². The Kier molecular flexibility index (Phi) is 7.39. The molecule has 1 heterocycles. The van der Waals surface area contributed by atoms with E-state index in [1.807, 2.05) is 0 Å². The lowest BCUT2D eigenvalue weighted by Gasteiger charge is -2.36. The zero-order chi connectivity index (χ0) is 36.4. The van der Waals surface area contributed by atoms with Crippen LogP contribution in [0.4, 0.5) is 17.1 Å². The molecule has 2 atom stereocenters. The molecule has 0 saturated heterocycles. The number of benzene rings is 7. The Hall–Kier alpha value is -6.38. The normalized spacial score (nSPS) is 18.2. The second kappa shape index (κ2) is 12.4. The molecular weight excluding hydrogens is 653 g/mol. The van der Waals surface area contributed by atoms with Crippen LogP contribution in [0.15, 0.2) is 194 Å². The van der Waals surface area contributed by atoms with Gasteiger partial charge in [-0.3, -0.25) is 0 Å². The van der Waals surface area contributed by atoms with Gasteiger partial charge in [0.25, 0.3) is 0 Å². The highest BCUT2D eigenvalue weighted by Crippen LogP contribution is 2.57. The molecule has 2 aliphatic carbocycles. The van der Waals surface area contributed by atoms with Crippen molar-refractivity contribution in [3.8, 4) is 27.9 Å². The van der Waals surface area contributed by atoms with Crippen molar-refractivity contribution in [2.45, 2.75) is 31.6 Å². The topological polar surface area (TPSA) is 8.17 Å². The van der Waals surface area contributed by atoms with Gasteiger partial charge in [-0.1, -0.05) is 148 Å². The van der Waals surface area contributed by atoms with Crippen molar-refractivity contribution in [1.29, 1.82) is 0 Å². The minimum absolute atomic E-state index is 0.00365. The molecule has 0 spiro atoms. The van der Waals surface area contributed by atoms with Crippen molar-refractivity contribution in [2.24, 2.45) is 5.92 Å². The lowest BCUT2D eigenvalue weighted by molar-refractivity contribution is 0.324. The van der Waals surface area contributed by atoms with Gasteiger partial charge in [0.2, 0.25) is 0 Å². The number of hydrogen-bond acceptors (Lipinski definition) is 1. The Labute approximate surface area is 318 Å². The van der Waals surface area contributed by atoms with Crippen LogP contribution < -0.4 is 4.90 Å². The van der Waals surface area contributed by atoms with Gasteiger partial charge in [0.05, 0.1) is 11.0 Å². The van der Waals surface area contributed by atoms with E-state index >= 15 is 0 Å². The van der Waals surface area contributed by atoms with Crippen LogP contribution in [-0.2, 0) is 10.8 Å². The van der Waals surface area contributed by atoms with Crippen molar-refractivity contribution < 1.29 is 0 Å². The highest BCUT2D eigenvalue weighted by molar-refractivity contribution is 6.10. The molecule has 260 valence electrons. The average Bonchev–Trinajstić information content (AvgIpc) is 3.64. The highest BCUT2D eigenvalue weighted by Gasteiger charge is 2.51. The van der Waals surface area contributed by atoms with Crippen LogP contribution in [0.1, 0.15) is 31.9 Å². The summed E-state index contributed by atoms with van der Waals surface area (Å²) in [4.78, 5) is 2.42. The minimum Gasteiger partial charge on any atom is -0.310 e. The Balaban J connectivity index is 1.07. The fourth-order valence-corrected chi connectivity index (χ4v) is 9.51. The van der Waals surface area contributed by atoms with Gasteiger partial charge in [0, 0.05) is 38.9 Å². The molecular formula is C52H42N2. The molecule has 2 unspecified atom stereocenters. The predicted octanol–water partition coefficient (Wildman–Crippen LogP) is 13.9. The number of nitrogens with zero attached hydrogens (tertiary/aromatic N) is 2. The van der Waals surface area contributed by atoms with E-state index in [1.165, 1.54) is 66.6 Å². The molecule has 1 aromatic heterocycles. The van der Waals surface area contributed by atoms with Gasteiger partial charge in [0.15, 0.2) is 0 Å².